The molecule has 0 amide bonds. The van der Waals surface area contributed by atoms with Gasteiger partial charge >= 0.3 is 0 Å². The molecule has 0 aliphatic carbocycles. The molecule has 0 aliphatic rings. The van der Waals surface area contributed by atoms with Crippen molar-refractivity contribution in [2.24, 2.45) is 0 Å². The van der Waals surface area contributed by atoms with Gasteiger partial charge in [0.1, 0.15) is 0 Å². The Balaban J connectivity index is 3.02. The van der Waals surface area contributed by atoms with Gasteiger partial charge in [-0.1, -0.05) is 12.1 Å². The van der Waals surface area contributed by atoms with E-state index in [1.165, 1.54) is 9.13 Å². The molecule has 1 rings (SSSR count). The summed E-state index contributed by atoms with van der Waals surface area (Å²) in [5.41, 5.74) is 2.20. The summed E-state index contributed by atoms with van der Waals surface area (Å²) in [6, 6.07) is 6.80. The summed E-state index contributed by atoms with van der Waals surface area (Å²) in [7, 11) is 3.43. The lowest BCUT2D eigenvalue weighted by Gasteiger charge is -2.02. The molecule has 57 valence electrons. The van der Waals surface area contributed by atoms with Gasteiger partial charge in [-0.15, -0.1) is 0 Å². The second-order valence-corrected chi connectivity index (χ2v) is 3.78. The zero-order chi connectivity index (χ0) is 8.27. The maximum atomic E-state index is 8.83. The molecular weight excluding hydrogens is 267 g/mol. The molecule has 11 heavy (non-hydrogen) atoms. The van der Waals surface area contributed by atoms with Crippen LogP contribution in [0.25, 0.3) is 0 Å². The standard InChI is InChI=1S/C8H8IOSi/c9-8-2-1-6(4-10)3-7(8)5-11/h1-3,10H,4-5H2. The van der Waals surface area contributed by atoms with Gasteiger partial charge in [0, 0.05) is 13.8 Å². The minimum Gasteiger partial charge on any atom is -0.392 e. The van der Waals surface area contributed by atoms with E-state index in [0.717, 1.165) is 11.6 Å². The maximum absolute atomic E-state index is 8.83. The smallest absolute Gasteiger partial charge is 0.0681 e. The van der Waals surface area contributed by atoms with Crippen LogP contribution < -0.4 is 0 Å². The van der Waals surface area contributed by atoms with Gasteiger partial charge < -0.3 is 5.11 Å². The fourth-order valence-electron chi connectivity index (χ4n) is 0.862. The predicted octanol–water partition coefficient (Wildman–Crippen LogP) is 1.45. The van der Waals surface area contributed by atoms with E-state index in [2.05, 4.69) is 32.8 Å². The van der Waals surface area contributed by atoms with E-state index in [4.69, 9.17) is 5.11 Å². The average molecular weight is 275 g/mol. The number of hydrogen-bond donors (Lipinski definition) is 1. The van der Waals surface area contributed by atoms with E-state index >= 15 is 0 Å². The van der Waals surface area contributed by atoms with Gasteiger partial charge in [0.15, 0.2) is 0 Å². The third-order valence-corrected chi connectivity index (χ3v) is 2.92. The van der Waals surface area contributed by atoms with Crippen LogP contribution in [0.5, 0.6) is 0 Å². The van der Waals surface area contributed by atoms with Crippen molar-refractivity contribution in [2.45, 2.75) is 12.7 Å². The first kappa shape index (κ1) is 9.22. The third-order valence-electron chi connectivity index (χ3n) is 1.48. The van der Waals surface area contributed by atoms with E-state index in [-0.39, 0.29) is 6.61 Å². The number of aliphatic hydroxyl groups is 1. The molecule has 3 radical (unpaired) electrons. The molecular formula is C8H8IOSi. The van der Waals surface area contributed by atoms with Crippen LogP contribution in [0.1, 0.15) is 11.1 Å². The normalized spacial score (nSPS) is 10.1. The third kappa shape index (κ3) is 2.28. The summed E-state index contributed by atoms with van der Waals surface area (Å²) >= 11 is 2.28. The van der Waals surface area contributed by atoms with E-state index in [1.54, 1.807) is 0 Å². The molecule has 3 heteroatoms. The molecule has 0 spiro atoms. The quantitative estimate of drug-likeness (QED) is 0.640. The van der Waals surface area contributed by atoms with Crippen LogP contribution in [0.4, 0.5) is 0 Å². The molecule has 0 atom stereocenters. The summed E-state index contributed by atoms with van der Waals surface area (Å²) in [5.74, 6) is 0. The molecule has 0 heterocycles. The Bertz CT molecular complexity index is 250. The van der Waals surface area contributed by atoms with Crippen molar-refractivity contribution >= 4 is 32.8 Å². The Morgan fingerprint density at radius 2 is 2.18 bits per heavy atom. The van der Waals surface area contributed by atoms with Gasteiger partial charge in [-0.05, 0) is 45.8 Å². The molecule has 0 saturated heterocycles. The molecule has 0 aliphatic heterocycles. The Morgan fingerprint density at radius 1 is 1.45 bits per heavy atom. The molecule has 0 aromatic heterocycles. The minimum atomic E-state index is 0.121. The summed E-state index contributed by atoms with van der Waals surface area (Å²) in [4.78, 5) is 0. The van der Waals surface area contributed by atoms with Gasteiger partial charge in [0.05, 0.1) is 6.61 Å². The van der Waals surface area contributed by atoms with Gasteiger partial charge in [0.25, 0.3) is 0 Å². The van der Waals surface area contributed by atoms with Crippen LogP contribution in [0.2, 0.25) is 0 Å². The average Bonchev–Trinajstić information content (AvgIpc) is 2.05. The zero-order valence-electron chi connectivity index (χ0n) is 5.97. The molecule has 1 N–H and O–H groups in total. The van der Waals surface area contributed by atoms with E-state index in [9.17, 15) is 0 Å². The van der Waals surface area contributed by atoms with Gasteiger partial charge in [-0.25, -0.2) is 0 Å². The maximum Gasteiger partial charge on any atom is 0.0681 e. The van der Waals surface area contributed by atoms with Gasteiger partial charge in [-0.3, -0.25) is 0 Å². The predicted molar refractivity (Wildman–Crippen MR) is 54.5 cm³/mol. The van der Waals surface area contributed by atoms with Crippen molar-refractivity contribution < 1.29 is 5.11 Å². The molecule has 0 unspecified atom stereocenters. The zero-order valence-corrected chi connectivity index (χ0v) is 9.13. The molecule has 0 fully saturated rings. The lowest BCUT2D eigenvalue weighted by Crippen LogP contribution is -1.91. The topological polar surface area (TPSA) is 20.2 Å². The van der Waals surface area contributed by atoms with E-state index < -0.39 is 0 Å². The van der Waals surface area contributed by atoms with Crippen molar-refractivity contribution in [2.75, 3.05) is 0 Å². The highest BCUT2D eigenvalue weighted by Gasteiger charge is 1.97. The Kier molecular flexibility index (Phi) is 3.54. The van der Waals surface area contributed by atoms with Crippen LogP contribution in [-0.2, 0) is 12.7 Å². The van der Waals surface area contributed by atoms with E-state index in [1.807, 2.05) is 18.2 Å². The van der Waals surface area contributed by atoms with Crippen LogP contribution in [0.3, 0.4) is 0 Å². The Hall–Kier alpha value is 0.127. The van der Waals surface area contributed by atoms with Crippen molar-refractivity contribution in [1.29, 1.82) is 0 Å². The lowest BCUT2D eigenvalue weighted by molar-refractivity contribution is 0.281. The van der Waals surface area contributed by atoms with E-state index in [0.29, 0.717) is 0 Å². The summed E-state index contributed by atoms with van der Waals surface area (Å²) in [5, 5.41) is 8.83. The first-order valence-electron chi connectivity index (χ1n) is 3.30. The number of halogens is 1. The first-order valence-corrected chi connectivity index (χ1v) is 5.09. The first-order chi connectivity index (χ1) is 5.27. The van der Waals surface area contributed by atoms with Crippen LogP contribution in [0, 0.1) is 3.57 Å². The van der Waals surface area contributed by atoms with Gasteiger partial charge in [0.2, 0.25) is 0 Å². The van der Waals surface area contributed by atoms with Crippen LogP contribution >= 0.6 is 22.6 Å². The number of rotatable bonds is 2. The van der Waals surface area contributed by atoms with Crippen LogP contribution in [0.15, 0.2) is 18.2 Å². The molecule has 0 saturated carbocycles. The lowest BCUT2D eigenvalue weighted by atomic mass is 10.1. The second-order valence-electron chi connectivity index (χ2n) is 2.26. The highest BCUT2D eigenvalue weighted by atomic mass is 127. The summed E-state index contributed by atoms with van der Waals surface area (Å²) < 4.78 is 1.23. The minimum absolute atomic E-state index is 0.121. The molecule has 1 aromatic rings. The van der Waals surface area contributed by atoms with Crippen molar-refractivity contribution in [3.05, 3.63) is 32.9 Å². The fraction of sp³-hybridized carbons (Fsp3) is 0.250. The van der Waals surface area contributed by atoms with Crippen molar-refractivity contribution in [3.8, 4) is 0 Å². The highest BCUT2D eigenvalue weighted by Crippen LogP contribution is 2.14. The Morgan fingerprint density at radius 3 is 2.73 bits per heavy atom. The molecule has 1 aromatic carbocycles. The molecule has 1 nitrogen and oxygen atoms in total. The summed E-state index contributed by atoms with van der Waals surface area (Å²) in [6.07, 6.45) is 0. The second kappa shape index (κ2) is 4.23. The molecule has 0 bridgehead atoms. The fourth-order valence-corrected chi connectivity index (χ4v) is 2.04. The van der Waals surface area contributed by atoms with Gasteiger partial charge in [-0.2, -0.15) is 0 Å². The summed E-state index contributed by atoms with van der Waals surface area (Å²) in [6.45, 7) is 0.121. The highest BCUT2D eigenvalue weighted by molar-refractivity contribution is 14.1. The monoisotopic (exact) mass is 275 g/mol. The Labute approximate surface area is 83.4 Å². The number of benzene rings is 1. The van der Waals surface area contributed by atoms with Crippen molar-refractivity contribution in [3.63, 3.8) is 0 Å². The van der Waals surface area contributed by atoms with Crippen LogP contribution in [-0.4, -0.2) is 15.3 Å². The number of aliphatic hydroxyl groups excluding tert-OH is 1. The SMILES string of the molecule is OCc1ccc(I)c(C[Si])c1. The number of hydrogen-bond acceptors (Lipinski definition) is 1. The largest absolute Gasteiger partial charge is 0.392 e. The van der Waals surface area contributed by atoms with Crippen molar-refractivity contribution in [1.82, 2.24) is 0 Å².